The Morgan fingerprint density at radius 1 is 0.776 bits per heavy atom. The first-order chi connectivity index (χ1) is 23.9. The topological polar surface area (TPSA) is 127 Å². The Kier molecular flexibility index (Phi) is 18.7. The summed E-state index contributed by atoms with van der Waals surface area (Å²) in [6.07, 6.45) is 18.0. The number of aryl methyl sites for hydroxylation is 1. The minimum absolute atomic E-state index is 0.0539. The molecule has 0 saturated heterocycles. The van der Waals surface area contributed by atoms with Crippen molar-refractivity contribution in [3.63, 3.8) is 0 Å². The van der Waals surface area contributed by atoms with E-state index < -0.39 is 23.7 Å². The molecule has 1 atom stereocenters. The molecule has 0 aliphatic rings. The summed E-state index contributed by atoms with van der Waals surface area (Å²) in [6, 6.07) is 15.0. The summed E-state index contributed by atoms with van der Waals surface area (Å²) in [4.78, 5) is 50.2. The zero-order valence-electron chi connectivity index (χ0n) is 29.7. The molecule has 49 heavy (non-hydrogen) atoms. The minimum atomic E-state index is -0.870. The molecule has 0 radical (unpaired) electrons. The Hall–Kier alpha value is -4.14. The lowest BCUT2D eigenvalue weighted by molar-refractivity contribution is -0.121. The van der Waals surface area contributed by atoms with Gasteiger partial charge in [-0.15, -0.1) is 0 Å². The van der Waals surface area contributed by atoms with Crippen LogP contribution in [0.5, 0.6) is 0 Å². The summed E-state index contributed by atoms with van der Waals surface area (Å²) < 4.78 is 10.7. The molecule has 0 unspecified atom stereocenters. The van der Waals surface area contributed by atoms with Gasteiger partial charge < -0.3 is 25.1 Å². The standard InChI is InChI=1S/C40H57N3O6/c1-3-4-5-6-7-8-9-10-11-12-13-14-18-24-37(44)41-27-20-19-23-35(43-40(47)48-30-32-21-16-15-17-22-32)39(46)42-33-25-26-34-31(2)28-38(45)49-36(34)29-33/h15-17,21-22,25-26,28-29,35H,3-14,18-20,23-24,27,30H2,1-2H3,(H,41,44)(H,42,46)(H,43,47)/t35-/m0/s1. The molecule has 3 rings (SSSR count). The van der Waals surface area contributed by atoms with Crippen LogP contribution in [-0.2, 0) is 20.9 Å². The van der Waals surface area contributed by atoms with Crippen molar-refractivity contribution in [2.24, 2.45) is 0 Å². The highest BCUT2D eigenvalue weighted by atomic mass is 16.5. The molecule has 0 fully saturated rings. The van der Waals surface area contributed by atoms with Crippen LogP contribution < -0.4 is 21.6 Å². The molecule has 0 saturated carbocycles. The summed E-state index contributed by atoms with van der Waals surface area (Å²) in [6.45, 7) is 4.66. The molecule has 1 heterocycles. The van der Waals surface area contributed by atoms with E-state index in [0.29, 0.717) is 43.5 Å². The van der Waals surface area contributed by atoms with Gasteiger partial charge >= 0.3 is 11.7 Å². The fraction of sp³-hybridized carbons (Fsp3) is 0.550. The number of alkyl carbamates (subject to hydrolysis) is 1. The Labute approximate surface area is 292 Å². The zero-order chi connectivity index (χ0) is 35.1. The van der Waals surface area contributed by atoms with Crippen molar-refractivity contribution in [2.45, 2.75) is 136 Å². The van der Waals surface area contributed by atoms with Gasteiger partial charge in [0.2, 0.25) is 11.8 Å². The van der Waals surface area contributed by atoms with Crippen molar-refractivity contribution in [3.05, 3.63) is 76.1 Å². The fourth-order valence-electron chi connectivity index (χ4n) is 5.90. The third kappa shape index (κ3) is 16.2. The van der Waals surface area contributed by atoms with E-state index in [4.69, 9.17) is 9.15 Å². The number of hydrogen-bond acceptors (Lipinski definition) is 6. The van der Waals surface area contributed by atoms with E-state index in [1.54, 1.807) is 18.2 Å². The summed E-state index contributed by atoms with van der Waals surface area (Å²) in [7, 11) is 0. The smallest absolute Gasteiger partial charge is 0.408 e. The Morgan fingerprint density at radius 3 is 2.10 bits per heavy atom. The third-order valence-electron chi connectivity index (χ3n) is 8.79. The van der Waals surface area contributed by atoms with Crippen molar-refractivity contribution in [2.75, 3.05) is 11.9 Å². The van der Waals surface area contributed by atoms with Crippen LogP contribution in [0.3, 0.4) is 0 Å². The van der Waals surface area contributed by atoms with Gasteiger partial charge in [-0.3, -0.25) is 9.59 Å². The number of ether oxygens (including phenoxy) is 1. The predicted octanol–water partition coefficient (Wildman–Crippen LogP) is 9.10. The van der Waals surface area contributed by atoms with Crippen LogP contribution in [0.25, 0.3) is 11.0 Å². The molecule has 1 aromatic heterocycles. The van der Waals surface area contributed by atoms with Crippen LogP contribution in [-0.4, -0.2) is 30.5 Å². The fourth-order valence-corrected chi connectivity index (χ4v) is 5.90. The molecule has 0 bridgehead atoms. The molecule has 9 nitrogen and oxygen atoms in total. The summed E-state index contributed by atoms with van der Waals surface area (Å²) in [5.74, 6) is -0.365. The van der Waals surface area contributed by atoms with Crippen LogP contribution in [0.1, 0.15) is 127 Å². The minimum Gasteiger partial charge on any atom is -0.445 e. The zero-order valence-corrected chi connectivity index (χ0v) is 29.7. The average Bonchev–Trinajstić information content (AvgIpc) is 3.09. The summed E-state index contributed by atoms with van der Waals surface area (Å²) in [5, 5.41) is 9.28. The van der Waals surface area contributed by atoms with Crippen LogP contribution >= 0.6 is 0 Å². The molecule has 9 heteroatoms. The van der Waals surface area contributed by atoms with E-state index >= 15 is 0 Å². The van der Waals surface area contributed by atoms with Crippen molar-refractivity contribution in [1.29, 1.82) is 0 Å². The second-order valence-corrected chi connectivity index (χ2v) is 13.0. The number of amides is 3. The first-order valence-corrected chi connectivity index (χ1v) is 18.4. The normalized spacial score (nSPS) is 11.6. The maximum Gasteiger partial charge on any atom is 0.408 e. The van der Waals surface area contributed by atoms with E-state index in [0.717, 1.165) is 29.4 Å². The van der Waals surface area contributed by atoms with E-state index in [2.05, 4.69) is 22.9 Å². The van der Waals surface area contributed by atoms with Gasteiger partial charge in [-0.1, -0.05) is 114 Å². The van der Waals surface area contributed by atoms with Crippen molar-refractivity contribution >= 4 is 34.6 Å². The quantitative estimate of drug-likeness (QED) is 0.0642. The van der Waals surface area contributed by atoms with Crippen LogP contribution in [0.2, 0.25) is 0 Å². The van der Waals surface area contributed by atoms with E-state index in [1.807, 2.05) is 37.3 Å². The monoisotopic (exact) mass is 675 g/mol. The largest absolute Gasteiger partial charge is 0.445 e. The van der Waals surface area contributed by atoms with Gasteiger partial charge in [-0.2, -0.15) is 0 Å². The number of carbonyl (C=O) groups excluding carboxylic acids is 3. The average molecular weight is 676 g/mol. The van der Waals surface area contributed by atoms with E-state index in [1.165, 1.54) is 76.7 Å². The Morgan fingerprint density at radius 2 is 1.43 bits per heavy atom. The van der Waals surface area contributed by atoms with Crippen molar-refractivity contribution in [1.82, 2.24) is 10.6 Å². The van der Waals surface area contributed by atoms with Crippen LogP contribution in [0, 0.1) is 6.92 Å². The molecule has 268 valence electrons. The number of hydrogen-bond donors (Lipinski definition) is 3. The van der Waals surface area contributed by atoms with Gasteiger partial charge in [-0.05, 0) is 55.9 Å². The molecule has 3 amide bonds. The molecule has 2 aromatic carbocycles. The molecular weight excluding hydrogens is 618 g/mol. The molecule has 0 aliphatic carbocycles. The van der Waals surface area contributed by atoms with E-state index in [9.17, 15) is 19.2 Å². The Balaban J connectivity index is 1.36. The molecule has 3 aromatic rings. The highest BCUT2D eigenvalue weighted by Crippen LogP contribution is 2.21. The Bertz CT molecular complexity index is 1470. The second-order valence-electron chi connectivity index (χ2n) is 13.0. The number of rotatable bonds is 24. The first-order valence-electron chi connectivity index (χ1n) is 18.4. The van der Waals surface area contributed by atoms with Gasteiger partial charge in [0, 0.05) is 36.2 Å². The molecule has 0 spiro atoms. The maximum absolute atomic E-state index is 13.3. The van der Waals surface area contributed by atoms with Crippen molar-refractivity contribution in [3.8, 4) is 0 Å². The third-order valence-corrected chi connectivity index (χ3v) is 8.79. The van der Waals surface area contributed by atoms with Gasteiger partial charge in [-0.25, -0.2) is 9.59 Å². The number of fused-ring (bicyclic) bond motifs is 1. The first kappa shape index (κ1) is 39.3. The number of anilines is 1. The van der Waals surface area contributed by atoms with E-state index in [-0.39, 0.29) is 12.5 Å². The second kappa shape index (κ2) is 23.3. The maximum atomic E-state index is 13.3. The lowest BCUT2D eigenvalue weighted by Crippen LogP contribution is -2.44. The van der Waals surface area contributed by atoms with Crippen LogP contribution in [0.4, 0.5) is 10.5 Å². The van der Waals surface area contributed by atoms with Gasteiger partial charge in [0.05, 0.1) is 0 Å². The van der Waals surface area contributed by atoms with Crippen LogP contribution in [0.15, 0.2) is 63.8 Å². The van der Waals surface area contributed by atoms with Crippen molar-refractivity contribution < 1.29 is 23.5 Å². The van der Waals surface area contributed by atoms with Gasteiger partial charge in [0.15, 0.2) is 0 Å². The number of unbranched alkanes of at least 4 members (excludes halogenated alkanes) is 13. The molecular formula is C40H57N3O6. The SMILES string of the molecule is CCCCCCCCCCCCCCCC(=O)NCCCC[C@H](NC(=O)OCc1ccccc1)C(=O)Nc1ccc2c(C)cc(=O)oc2c1. The summed E-state index contributed by atoms with van der Waals surface area (Å²) in [5.41, 5.74) is 1.95. The van der Waals surface area contributed by atoms with Gasteiger partial charge in [0.25, 0.3) is 0 Å². The lowest BCUT2D eigenvalue weighted by atomic mass is 10.0. The number of nitrogens with one attached hydrogen (secondary N) is 3. The highest BCUT2D eigenvalue weighted by Gasteiger charge is 2.22. The number of carbonyl (C=O) groups is 3. The van der Waals surface area contributed by atoms with Gasteiger partial charge in [0.1, 0.15) is 18.2 Å². The number of benzene rings is 2. The molecule has 0 aliphatic heterocycles. The lowest BCUT2D eigenvalue weighted by Gasteiger charge is -2.19. The highest BCUT2D eigenvalue weighted by molar-refractivity contribution is 5.98. The molecule has 3 N–H and O–H groups in total. The summed E-state index contributed by atoms with van der Waals surface area (Å²) >= 11 is 0. The predicted molar refractivity (Wildman–Crippen MR) is 197 cm³/mol.